The van der Waals surface area contributed by atoms with Gasteiger partial charge in [0, 0.05) is 0 Å². The molecule has 1 N–H and O–H groups in total. The van der Waals surface area contributed by atoms with Crippen LogP contribution in [0.5, 0.6) is 0 Å². The van der Waals surface area contributed by atoms with Crippen LogP contribution in [0.2, 0.25) is 0 Å². The molecule has 1 unspecified atom stereocenters. The van der Waals surface area contributed by atoms with E-state index in [1.807, 2.05) is 43.3 Å². The predicted molar refractivity (Wildman–Crippen MR) is 74.6 cm³/mol. The zero-order valence-electron chi connectivity index (χ0n) is 11.0. The van der Waals surface area contributed by atoms with Crippen molar-refractivity contribution in [2.24, 2.45) is 5.92 Å². The molecule has 0 heterocycles. The molecule has 1 atom stereocenters. The van der Waals surface area contributed by atoms with Crippen LogP contribution in [0.3, 0.4) is 0 Å². The van der Waals surface area contributed by atoms with Gasteiger partial charge in [-0.05, 0) is 38.2 Å². The maximum absolute atomic E-state index is 11.2. The molecule has 98 valence electrons. The van der Waals surface area contributed by atoms with E-state index in [1.165, 1.54) is 0 Å². The van der Waals surface area contributed by atoms with E-state index in [1.54, 1.807) is 0 Å². The second kappa shape index (κ2) is 8.51. The molecule has 2 heteroatoms. The molecular weight excluding hydrogens is 224 g/mol. The van der Waals surface area contributed by atoms with E-state index >= 15 is 0 Å². The predicted octanol–water partition coefficient (Wildman–Crippen LogP) is 4.07. The smallest absolute Gasteiger partial charge is 0.306 e. The summed E-state index contributed by atoms with van der Waals surface area (Å²) >= 11 is 0. The van der Waals surface area contributed by atoms with Gasteiger partial charge in [-0.25, -0.2) is 0 Å². The lowest BCUT2D eigenvalue weighted by Crippen LogP contribution is -2.16. The Bertz CT molecular complexity index is 368. The second-order valence-electron chi connectivity index (χ2n) is 4.58. The van der Waals surface area contributed by atoms with Crippen LogP contribution in [0.15, 0.2) is 42.5 Å². The molecule has 0 aliphatic heterocycles. The van der Waals surface area contributed by atoms with Crippen molar-refractivity contribution in [3.05, 3.63) is 48.0 Å². The third-order valence-corrected chi connectivity index (χ3v) is 3.08. The highest BCUT2D eigenvalue weighted by Crippen LogP contribution is 2.16. The second-order valence-corrected chi connectivity index (χ2v) is 4.58. The van der Waals surface area contributed by atoms with Crippen molar-refractivity contribution < 1.29 is 9.90 Å². The third kappa shape index (κ3) is 5.67. The van der Waals surface area contributed by atoms with Gasteiger partial charge in [0.2, 0.25) is 0 Å². The molecule has 0 saturated heterocycles. The van der Waals surface area contributed by atoms with E-state index in [2.05, 4.69) is 6.08 Å². The van der Waals surface area contributed by atoms with Crippen LogP contribution in [0.25, 0.3) is 0 Å². The maximum Gasteiger partial charge on any atom is 0.306 e. The molecule has 2 nitrogen and oxygen atoms in total. The lowest BCUT2D eigenvalue weighted by molar-refractivity contribution is -0.142. The summed E-state index contributed by atoms with van der Waals surface area (Å²) in [6, 6.07) is 9.86. The van der Waals surface area contributed by atoms with Crippen LogP contribution < -0.4 is 0 Å². The third-order valence-electron chi connectivity index (χ3n) is 3.08. The summed E-state index contributed by atoms with van der Waals surface area (Å²) in [5, 5.41) is 9.22. The van der Waals surface area contributed by atoms with E-state index in [-0.39, 0.29) is 5.92 Å². The molecular formula is C16H22O2. The van der Waals surface area contributed by atoms with Crippen LogP contribution >= 0.6 is 0 Å². The normalized spacial score (nSPS) is 12.7. The Morgan fingerprint density at radius 1 is 1.28 bits per heavy atom. The van der Waals surface area contributed by atoms with Crippen LogP contribution in [0.4, 0.5) is 0 Å². The first-order chi connectivity index (χ1) is 8.74. The van der Waals surface area contributed by atoms with E-state index in [4.69, 9.17) is 0 Å². The average molecular weight is 246 g/mol. The monoisotopic (exact) mass is 246 g/mol. The average Bonchev–Trinajstić information content (AvgIpc) is 2.38. The molecule has 0 saturated carbocycles. The molecule has 1 rings (SSSR count). The number of carboxylic acid groups (broad SMARTS) is 1. The van der Waals surface area contributed by atoms with Crippen LogP contribution in [0.1, 0.15) is 38.2 Å². The van der Waals surface area contributed by atoms with Gasteiger partial charge >= 0.3 is 5.97 Å². The van der Waals surface area contributed by atoms with Crippen molar-refractivity contribution >= 4 is 5.97 Å². The van der Waals surface area contributed by atoms with Crippen molar-refractivity contribution in [2.75, 3.05) is 0 Å². The summed E-state index contributed by atoms with van der Waals surface area (Å²) < 4.78 is 0. The number of hydrogen-bond donors (Lipinski definition) is 1. The molecule has 0 amide bonds. The van der Waals surface area contributed by atoms with E-state index in [0.717, 1.165) is 31.2 Å². The summed E-state index contributed by atoms with van der Waals surface area (Å²) in [5.74, 6) is -0.928. The minimum Gasteiger partial charge on any atom is -0.481 e. The zero-order valence-corrected chi connectivity index (χ0v) is 11.0. The Balaban J connectivity index is 2.38. The number of carbonyl (C=O) groups is 1. The molecule has 18 heavy (non-hydrogen) atoms. The minimum atomic E-state index is -0.676. The number of carboxylic acids is 1. The van der Waals surface area contributed by atoms with E-state index in [0.29, 0.717) is 6.42 Å². The molecule has 0 aliphatic carbocycles. The van der Waals surface area contributed by atoms with Crippen molar-refractivity contribution in [2.45, 2.75) is 39.0 Å². The Morgan fingerprint density at radius 2 is 2.00 bits per heavy atom. The summed E-state index contributed by atoms with van der Waals surface area (Å²) in [6.45, 7) is 2.01. The largest absolute Gasteiger partial charge is 0.481 e. The molecule has 0 fully saturated rings. The molecule has 0 aromatic heterocycles. The Morgan fingerprint density at radius 3 is 2.61 bits per heavy atom. The number of unbranched alkanes of at least 4 members (excludes halogenated alkanes) is 2. The number of allylic oxidation sites excluding steroid dienone is 2. The topological polar surface area (TPSA) is 37.3 Å². The Kier molecular flexibility index (Phi) is 6.85. The molecule has 0 spiro atoms. The lowest BCUT2D eigenvalue weighted by Gasteiger charge is -2.11. The fourth-order valence-electron chi connectivity index (χ4n) is 2.03. The number of rotatable bonds is 8. The highest BCUT2D eigenvalue weighted by molar-refractivity contribution is 5.70. The molecule has 1 aromatic rings. The number of aliphatic carboxylic acids is 1. The maximum atomic E-state index is 11.2. The molecule has 0 radical (unpaired) electrons. The Labute approximate surface area is 109 Å². The van der Waals surface area contributed by atoms with Gasteiger partial charge in [0.25, 0.3) is 0 Å². The van der Waals surface area contributed by atoms with Gasteiger partial charge in [-0.3, -0.25) is 4.79 Å². The van der Waals surface area contributed by atoms with E-state index < -0.39 is 5.97 Å². The highest BCUT2D eigenvalue weighted by Gasteiger charge is 2.17. The minimum absolute atomic E-state index is 0.252. The number of benzene rings is 1. The van der Waals surface area contributed by atoms with Crippen LogP contribution in [-0.2, 0) is 11.2 Å². The van der Waals surface area contributed by atoms with Crippen molar-refractivity contribution in [3.63, 3.8) is 0 Å². The van der Waals surface area contributed by atoms with Gasteiger partial charge in [0.05, 0.1) is 5.92 Å². The highest BCUT2D eigenvalue weighted by atomic mass is 16.4. The first kappa shape index (κ1) is 14.5. The quantitative estimate of drug-likeness (QED) is 0.554. The standard InChI is InChI=1S/C16H22O2/c1-2-3-4-5-9-12-15(16(17)18)13-14-10-7-6-8-11-14/h2-3,6-8,10-11,15H,4-5,9,12-13H2,1H3,(H,17,18). The fraction of sp³-hybridized carbons (Fsp3) is 0.438. The fourth-order valence-corrected chi connectivity index (χ4v) is 2.03. The molecule has 0 bridgehead atoms. The van der Waals surface area contributed by atoms with Crippen molar-refractivity contribution in [1.82, 2.24) is 0 Å². The van der Waals surface area contributed by atoms with Gasteiger partial charge in [-0.2, -0.15) is 0 Å². The summed E-state index contributed by atoms with van der Waals surface area (Å²) in [7, 11) is 0. The molecule has 0 aliphatic rings. The molecule has 1 aromatic carbocycles. The zero-order chi connectivity index (χ0) is 13.2. The van der Waals surface area contributed by atoms with Crippen LogP contribution in [0, 0.1) is 5.92 Å². The summed E-state index contributed by atoms with van der Waals surface area (Å²) in [4.78, 5) is 11.2. The van der Waals surface area contributed by atoms with Gasteiger partial charge in [0.15, 0.2) is 0 Å². The Hall–Kier alpha value is -1.57. The summed E-state index contributed by atoms with van der Waals surface area (Å²) in [5.41, 5.74) is 1.11. The lowest BCUT2D eigenvalue weighted by atomic mass is 9.94. The first-order valence-electron chi connectivity index (χ1n) is 6.62. The SMILES string of the molecule is CC=CCCCCC(Cc1ccccc1)C(=O)O. The van der Waals surface area contributed by atoms with Crippen LogP contribution in [-0.4, -0.2) is 11.1 Å². The first-order valence-corrected chi connectivity index (χ1v) is 6.62. The van der Waals surface area contributed by atoms with Crippen molar-refractivity contribution in [1.29, 1.82) is 0 Å². The van der Waals surface area contributed by atoms with Gasteiger partial charge in [0.1, 0.15) is 0 Å². The summed E-state index contributed by atoms with van der Waals surface area (Å²) in [6.07, 6.45) is 8.68. The van der Waals surface area contributed by atoms with Gasteiger partial charge in [-0.15, -0.1) is 0 Å². The number of hydrogen-bond acceptors (Lipinski definition) is 1. The van der Waals surface area contributed by atoms with E-state index in [9.17, 15) is 9.90 Å². The van der Waals surface area contributed by atoms with Crippen molar-refractivity contribution in [3.8, 4) is 0 Å². The van der Waals surface area contributed by atoms with Gasteiger partial charge < -0.3 is 5.11 Å². The van der Waals surface area contributed by atoms with Gasteiger partial charge in [-0.1, -0.05) is 48.9 Å².